The smallest absolute Gasteiger partial charge is 0.261 e. The van der Waals surface area contributed by atoms with Crippen molar-refractivity contribution in [3.8, 4) is 0 Å². The van der Waals surface area contributed by atoms with E-state index in [0.29, 0.717) is 12.5 Å². The Kier molecular flexibility index (Phi) is 6.30. The van der Waals surface area contributed by atoms with Gasteiger partial charge < -0.3 is 15.2 Å². The molecule has 1 aliphatic rings. The first kappa shape index (κ1) is 14.8. The molecule has 1 aliphatic carbocycles. The summed E-state index contributed by atoms with van der Waals surface area (Å²) in [4.78, 5) is 0. The molecular formula is C12H23F2NO2. The molecule has 3 nitrogen and oxygen atoms in total. The van der Waals surface area contributed by atoms with Crippen LogP contribution in [0.3, 0.4) is 0 Å². The Labute approximate surface area is 102 Å². The maximum absolute atomic E-state index is 11.9. The highest BCUT2D eigenvalue weighted by Gasteiger charge is 2.41. The van der Waals surface area contributed by atoms with E-state index in [2.05, 4.69) is 5.32 Å². The Morgan fingerprint density at radius 1 is 1.53 bits per heavy atom. The number of hydrogen-bond donors (Lipinski definition) is 2. The Bertz CT molecular complexity index is 217. The molecule has 0 aromatic carbocycles. The maximum atomic E-state index is 11.9. The van der Waals surface area contributed by atoms with Gasteiger partial charge in [0.05, 0.1) is 6.61 Å². The molecule has 0 amide bonds. The number of rotatable bonds is 8. The lowest BCUT2D eigenvalue weighted by atomic mass is 9.85. The van der Waals surface area contributed by atoms with Crippen molar-refractivity contribution in [2.24, 2.45) is 5.92 Å². The Morgan fingerprint density at radius 2 is 2.29 bits per heavy atom. The van der Waals surface area contributed by atoms with Crippen molar-refractivity contribution in [1.29, 1.82) is 0 Å². The van der Waals surface area contributed by atoms with Crippen molar-refractivity contribution in [1.82, 2.24) is 5.32 Å². The van der Waals surface area contributed by atoms with E-state index < -0.39 is 13.0 Å². The van der Waals surface area contributed by atoms with Gasteiger partial charge in [0, 0.05) is 12.1 Å². The average Bonchev–Trinajstić information content (AvgIpc) is 2.68. The van der Waals surface area contributed by atoms with Crippen LogP contribution < -0.4 is 5.32 Å². The molecular weight excluding hydrogens is 228 g/mol. The van der Waals surface area contributed by atoms with Crippen LogP contribution in [0, 0.1) is 5.92 Å². The van der Waals surface area contributed by atoms with Crippen LogP contribution >= 0.6 is 0 Å². The monoisotopic (exact) mass is 251 g/mol. The number of halogens is 2. The summed E-state index contributed by atoms with van der Waals surface area (Å²) < 4.78 is 28.7. The van der Waals surface area contributed by atoms with E-state index in [9.17, 15) is 13.9 Å². The van der Waals surface area contributed by atoms with Gasteiger partial charge in [0.15, 0.2) is 0 Å². The van der Waals surface area contributed by atoms with Crippen molar-refractivity contribution in [2.75, 3.05) is 26.4 Å². The molecule has 0 aromatic rings. The number of likely N-dealkylation sites (N-methyl/N-ethyl adjacent to an activating group) is 1. The third kappa shape index (κ3) is 4.16. The van der Waals surface area contributed by atoms with Crippen LogP contribution in [-0.2, 0) is 4.74 Å². The van der Waals surface area contributed by atoms with Gasteiger partial charge >= 0.3 is 0 Å². The fourth-order valence-electron chi connectivity index (χ4n) is 2.81. The second kappa shape index (κ2) is 7.24. The van der Waals surface area contributed by atoms with Gasteiger partial charge in [-0.1, -0.05) is 13.3 Å². The summed E-state index contributed by atoms with van der Waals surface area (Å²) in [6, 6.07) is 0. The third-order valence-electron chi connectivity index (χ3n) is 3.62. The largest absolute Gasteiger partial charge is 0.394 e. The average molecular weight is 251 g/mol. The molecule has 0 bridgehead atoms. The molecule has 0 saturated heterocycles. The number of nitrogens with one attached hydrogen (secondary N) is 1. The molecule has 2 unspecified atom stereocenters. The number of ether oxygens (including phenoxy) is 1. The lowest BCUT2D eigenvalue weighted by Gasteiger charge is -2.34. The topological polar surface area (TPSA) is 41.5 Å². The summed E-state index contributed by atoms with van der Waals surface area (Å²) in [5, 5.41) is 12.9. The predicted molar refractivity (Wildman–Crippen MR) is 62.3 cm³/mol. The van der Waals surface area contributed by atoms with E-state index in [4.69, 9.17) is 4.74 Å². The SMILES string of the molecule is CCNC1(CO)CCCC1CCOCC(F)F. The standard InChI is InChI=1S/C12H23F2NO2/c1-2-15-12(9-16)6-3-4-10(12)5-7-17-8-11(13)14/h10-11,15-16H,2-9H2,1H3. The van der Waals surface area contributed by atoms with E-state index in [0.717, 1.165) is 32.2 Å². The lowest BCUT2D eigenvalue weighted by molar-refractivity contribution is 0.00709. The first-order valence-electron chi connectivity index (χ1n) is 6.36. The summed E-state index contributed by atoms with van der Waals surface area (Å²) >= 11 is 0. The van der Waals surface area contributed by atoms with Gasteiger partial charge in [0.1, 0.15) is 6.61 Å². The van der Waals surface area contributed by atoms with Crippen LogP contribution in [0.4, 0.5) is 8.78 Å². The zero-order chi connectivity index (χ0) is 12.7. The van der Waals surface area contributed by atoms with Crippen LogP contribution in [0.2, 0.25) is 0 Å². The normalized spacial score (nSPS) is 29.1. The lowest BCUT2D eigenvalue weighted by Crippen LogP contribution is -2.51. The molecule has 2 N–H and O–H groups in total. The molecule has 2 atom stereocenters. The molecule has 102 valence electrons. The van der Waals surface area contributed by atoms with Crippen LogP contribution in [0.15, 0.2) is 0 Å². The summed E-state index contributed by atoms with van der Waals surface area (Å²) in [6.07, 6.45) is 1.41. The maximum Gasteiger partial charge on any atom is 0.261 e. The van der Waals surface area contributed by atoms with Crippen molar-refractivity contribution < 1.29 is 18.6 Å². The van der Waals surface area contributed by atoms with Crippen molar-refractivity contribution in [2.45, 2.75) is 44.6 Å². The molecule has 1 saturated carbocycles. The van der Waals surface area contributed by atoms with Gasteiger partial charge in [-0.3, -0.25) is 0 Å². The van der Waals surface area contributed by atoms with E-state index in [1.165, 1.54) is 0 Å². The van der Waals surface area contributed by atoms with E-state index >= 15 is 0 Å². The van der Waals surface area contributed by atoms with Crippen LogP contribution in [0.25, 0.3) is 0 Å². The summed E-state index contributed by atoms with van der Waals surface area (Å²) in [5.74, 6) is 0.324. The number of alkyl halides is 2. The third-order valence-corrected chi connectivity index (χ3v) is 3.62. The minimum Gasteiger partial charge on any atom is -0.394 e. The fourth-order valence-corrected chi connectivity index (χ4v) is 2.81. The Morgan fingerprint density at radius 3 is 2.88 bits per heavy atom. The molecule has 17 heavy (non-hydrogen) atoms. The Balaban J connectivity index is 2.35. The minimum absolute atomic E-state index is 0.111. The Hall–Kier alpha value is -0.260. The minimum atomic E-state index is -2.39. The van der Waals surface area contributed by atoms with Crippen LogP contribution in [-0.4, -0.2) is 43.4 Å². The molecule has 0 aromatic heterocycles. The van der Waals surface area contributed by atoms with Gasteiger partial charge in [-0.15, -0.1) is 0 Å². The molecule has 0 spiro atoms. The molecule has 0 radical (unpaired) electrons. The molecule has 0 heterocycles. The quantitative estimate of drug-likeness (QED) is 0.646. The number of aliphatic hydroxyl groups excluding tert-OH is 1. The van der Waals surface area contributed by atoms with Gasteiger partial charge in [0.2, 0.25) is 0 Å². The van der Waals surface area contributed by atoms with Crippen LogP contribution in [0.1, 0.15) is 32.6 Å². The first-order chi connectivity index (χ1) is 8.14. The van der Waals surface area contributed by atoms with Gasteiger partial charge in [-0.25, -0.2) is 8.78 Å². The summed E-state index contributed by atoms with van der Waals surface area (Å²) in [7, 11) is 0. The van der Waals surface area contributed by atoms with Gasteiger partial charge in [-0.2, -0.15) is 0 Å². The van der Waals surface area contributed by atoms with Crippen molar-refractivity contribution in [3.63, 3.8) is 0 Å². The second-order valence-electron chi connectivity index (χ2n) is 4.69. The van der Waals surface area contributed by atoms with Gasteiger partial charge in [-0.05, 0) is 31.7 Å². The first-order valence-corrected chi connectivity index (χ1v) is 6.36. The van der Waals surface area contributed by atoms with Crippen LogP contribution in [0.5, 0.6) is 0 Å². The summed E-state index contributed by atoms with van der Waals surface area (Å²) in [6.45, 7) is 2.80. The predicted octanol–water partition coefficient (Wildman–Crippen LogP) is 1.80. The summed E-state index contributed by atoms with van der Waals surface area (Å²) in [5.41, 5.74) is -0.219. The highest BCUT2D eigenvalue weighted by molar-refractivity contribution is 4.98. The number of hydrogen-bond acceptors (Lipinski definition) is 3. The zero-order valence-electron chi connectivity index (χ0n) is 10.4. The van der Waals surface area contributed by atoms with E-state index in [1.54, 1.807) is 0 Å². The van der Waals surface area contributed by atoms with Crippen molar-refractivity contribution >= 4 is 0 Å². The highest BCUT2D eigenvalue weighted by atomic mass is 19.3. The number of aliphatic hydroxyl groups is 1. The molecule has 1 fully saturated rings. The molecule has 0 aliphatic heterocycles. The van der Waals surface area contributed by atoms with Crippen molar-refractivity contribution in [3.05, 3.63) is 0 Å². The second-order valence-corrected chi connectivity index (χ2v) is 4.69. The fraction of sp³-hybridized carbons (Fsp3) is 1.00. The molecule has 5 heteroatoms. The van der Waals surface area contributed by atoms with Gasteiger partial charge in [0.25, 0.3) is 6.43 Å². The van der Waals surface area contributed by atoms with E-state index in [1.807, 2.05) is 6.92 Å². The highest BCUT2D eigenvalue weighted by Crippen LogP contribution is 2.37. The zero-order valence-corrected chi connectivity index (χ0v) is 10.4. The van der Waals surface area contributed by atoms with E-state index in [-0.39, 0.29) is 12.1 Å². The molecule has 1 rings (SSSR count).